The van der Waals surface area contributed by atoms with E-state index in [9.17, 15) is 22.8 Å². The highest BCUT2D eigenvalue weighted by Gasteiger charge is 2.26. The lowest BCUT2D eigenvalue weighted by molar-refractivity contribution is 0.0596. The Hall–Kier alpha value is -3.94. The molecule has 1 aromatic heterocycles. The first-order valence-corrected chi connectivity index (χ1v) is 11.3. The summed E-state index contributed by atoms with van der Waals surface area (Å²) in [5.74, 6) is -1.02. The van der Waals surface area contributed by atoms with Gasteiger partial charge in [-0.05, 0) is 45.9 Å². The van der Waals surface area contributed by atoms with Crippen LogP contribution < -0.4 is 25.4 Å². The van der Waals surface area contributed by atoms with Crippen LogP contribution in [0.2, 0.25) is 0 Å². The number of nitrogens with one attached hydrogen (secondary N) is 4. The van der Waals surface area contributed by atoms with Crippen LogP contribution in [-0.2, 0) is 14.8 Å². The van der Waals surface area contributed by atoms with Gasteiger partial charge >= 0.3 is 18.0 Å². The number of rotatable bonds is 6. The van der Waals surface area contributed by atoms with E-state index < -0.39 is 44.1 Å². The topological polar surface area (TPSA) is 178 Å². The molecule has 4 amide bonds. The Morgan fingerprint density at radius 1 is 0.971 bits per heavy atom. The number of aromatic nitrogens is 2. The Morgan fingerprint density at radius 3 is 2.24 bits per heavy atom. The van der Waals surface area contributed by atoms with Gasteiger partial charge in [0.2, 0.25) is 11.8 Å². The summed E-state index contributed by atoms with van der Waals surface area (Å²) in [7, 11) is -2.11. The Bertz CT molecular complexity index is 1210. The van der Waals surface area contributed by atoms with Crippen molar-refractivity contribution in [2.45, 2.75) is 38.1 Å². The fraction of sp³-hybridized carbons (Fsp3) is 0.350. The Kier molecular flexibility index (Phi) is 8.00. The summed E-state index contributed by atoms with van der Waals surface area (Å²) in [6, 6.07) is 3.21. The molecule has 1 aromatic carbocycles. The molecule has 0 aliphatic rings. The zero-order chi connectivity index (χ0) is 25.7. The van der Waals surface area contributed by atoms with E-state index in [1.807, 2.05) is 0 Å². The summed E-state index contributed by atoms with van der Waals surface area (Å²) in [6.07, 6.45) is 0. The normalized spacial score (nSPS) is 11.2. The van der Waals surface area contributed by atoms with Crippen LogP contribution in [-0.4, -0.2) is 56.2 Å². The van der Waals surface area contributed by atoms with Gasteiger partial charge in [0.25, 0.3) is 10.0 Å². The third kappa shape index (κ3) is 7.30. The van der Waals surface area contributed by atoms with Crippen molar-refractivity contribution in [1.82, 2.24) is 20.0 Å². The van der Waals surface area contributed by atoms with Crippen LogP contribution in [0.25, 0.3) is 0 Å². The van der Waals surface area contributed by atoms with Crippen molar-refractivity contribution in [3.05, 3.63) is 35.5 Å². The predicted octanol–water partition coefficient (Wildman–Crippen LogP) is 2.01. The van der Waals surface area contributed by atoms with Crippen LogP contribution in [0.15, 0.2) is 29.2 Å². The summed E-state index contributed by atoms with van der Waals surface area (Å²) in [6.45, 7) is 6.95. The van der Waals surface area contributed by atoms with Crippen molar-refractivity contribution >= 4 is 39.7 Å². The number of benzene rings is 1. The molecule has 0 fully saturated rings. The fourth-order valence-corrected chi connectivity index (χ4v) is 3.70. The summed E-state index contributed by atoms with van der Waals surface area (Å²) in [4.78, 5) is 44.0. The number of carbonyl (C=O) groups is 3. The molecule has 184 valence electrons. The number of amides is 4. The van der Waals surface area contributed by atoms with E-state index in [-0.39, 0.29) is 17.5 Å². The quantitative estimate of drug-likeness (QED) is 0.437. The Balaban J connectivity index is 2.29. The number of carbonyl (C=O) groups excluding carboxylic acids is 3. The van der Waals surface area contributed by atoms with Crippen LogP contribution >= 0.6 is 0 Å². The number of sulfonamides is 1. The van der Waals surface area contributed by atoms with Gasteiger partial charge in [0.1, 0.15) is 4.90 Å². The SMILES string of the molecule is COC(=O)c1cc(NC(=O)NC(C)(C)C)ccc1S(=O)(=O)NC(=O)Nc1nc(C)cc(OC)n1. The first-order chi connectivity index (χ1) is 15.7. The molecule has 4 N–H and O–H groups in total. The number of urea groups is 2. The van der Waals surface area contributed by atoms with Gasteiger partial charge in [0.15, 0.2) is 0 Å². The molecule has 2 rings (SSSR count). The second kappa shape index (κ2) is 10.3. The monoisotopic (exact) mass is 494 g/mol. The molecular formula is C20H26N6O7S. The van der Waals surface area contributed by atoms with Crippen LogP contribution in [0.1, 0.15) is 36.8 Å². The maximum absolute atomic E-state index is 12.8. The van der Waals surface area contributed by atoms with E-state index in [1.54, 1.807) is 32.4 Å². The molecule has 0 radical (unpaired) electrons. The van der Waals surface area contributed by atoms with Gasteiger partial charge in [-0.2, -0.15) is 4.98 Å². The summed E-state index contributed by atoms with van der Waals surface area (Å²) >= 11 is 0. The Labute approximate surface area is 196 Å². The molecule has 0 spiro atoms. The number of aryl methyl sites for hydroxylation is 1. The molecule has 2 aromatic rings. The smallest absolute Gasteiger partial charge is 0.339 e. The van der Waals surface area contributed by atoms with Crippen LogP contribution in [0.5, 0.6) is 5.88 Å². The predicted molar refractivity (Wildman–Crippen MR) is 122 cm³/mol. The minimum absolute atomic E-state index is 0.130. The van der Waals surface area contributed by atoms with Gasteiger partial charge in [-0.1, -0.05) is 0 Å². The van der Waals surface area contributed by atoms with Gasteiger partial charge in [-0.3, -0.25) is 5.32 Å². The van der Waals surface area contributed by atoms with E-state index in [1.165, 1.54) is 19.2 Å². The van der Waals surface area contributed by atoms with E-state index in [0.29, 0.717) is 5.69 Å². The molecule has 0 aliphatic carbocycles. The van der Waals surface area contributed by atoms with Crippen molar-refractivity contribution in [3.8, 4) is 5.88 Å². The molecule has 0 bridgehead atoms. The third-order valence-corrected chi connectivity index (χ3v) is 5.30. The number of esters is 1. The highest BCUT2D eigenvalue weighted by molar-refractivity contribution is 7.90. The molecule has 14 heteroatoms. The van der Waals surface area contributed by atoms with Crippen molar-refractivity contribution < 1.29 is 32.3 Å². The summed E-state index contributed by atoms with van der Waals surface area (Å²) in [5, 5.41) is 7.36. The molecule has 1 heterocycles. The fourth-order valence-electron chi connectivity index (χ4n) is 2.62. The van der Waals surface area contributed by atoms with Crippen LogP contribution in [0.4, 0.5) is 21.2 Å². The second-order valence-electron chi connectivity index (χ2n) is 7.97. The maximum atomic E-state index is 12.8. The lowest BCUT2D eigenvalue weighted by atomic mass is 10.1. The van der Waals surface area contributed by atoms with Gasteiger partial charge in [-0.15, -0.1) is 0 Å². The van der Waals surface area contributed by atoms with Crippen molar-refractivity contribution in [3.63, 3.8) is 0 Å². The average molecular weight is 495 g/mol. The number of hydrogen-bond acceptors (Lipinski definition) is 9. The summed E-state index contributed by atoms with van der Waals surface area (Å²) in [5.41, 5.74) is -0.326. The maximum Gasteiger partial charge on any atom is 0.339 e. The lowest BCUT2D eigenvalue weighted by Crippen LogP contribution is -2.43. The van der Waals surface area contributed by atoms with Gasteiger partial charge in [0, 0.05) is 23.0 Å². The van der Waals surface area contributed by atoms with Crippen molar-refractivity contribution in [2.75, 3.05) is 24.9 Å². The van der Waals surface area contributed by atoms with E-state index in [0.717, 1.165) is 19.2 Å². The average Bonchev–Trinajstić information content (AvgIpc) is 2.70. The number of ether oxygens (including phenoxy) is 2. The van der Waals surface area contributed by atoms with E-state index >= 15 is 0 Å². The third-order valence-electron chi connectivity index (χ3n) is 3.91. The molecule has 0 unspecified atom stereocenters. The Morgan fingerprint density at radius 2 is 1.65 bits per heavy atom. The molecule has 13 nitrogen and oxygen atoms in total. The second-order valence-corrected chi connectivity index (χ2v) is 9.62. The standard InChI is InChI=1S/C20H26N6O7S/c1-11-9-15(32-5)23-17(21-11)24-19(29)26-34(30,31)14-8-7-12(10-13(14)16(27)33-6)22-18(28)25-20(2,3)4/h7-10H,1-6H3,(H2,22,25,28)(H2,21,23,24,26,29). The van der Waals surface area contributed by atoms with Gasteiger partial charge < -0.3 is 20.1 Å². The number of methoxy groups -OCH3 is 2. The zero-order valence-corrected chi connectivity index (χ0v) is 20.3. The van der Waals surface area contributed by atoms with Crippen molar-refractivity contribution in [2.24, 2.45) is 0 Å². The molecule has 0 saturated carbocycles. The van der Waals surface area contributed by atoms with Crippen LogP contribution in [0, 0.1) is 6.92 Å². The number of nitrogens with zero attached hydrogens (tertiary/aromatic N) is 2. The number of anilines is 2. The number of hydrogen-bond donors (Lipinski definition) is 4. The van der Waals surface area contributed by atoms with E-state index in [2.05, 4.69) is 30.7 Å². The van der Waals surface area contributed by atoms with Crippen LogP contribution in [0.3, 0.4) is 0 Å². The molecule has 0 aliphatic heterocycles. The first kappa shape index (κ1) is 26.3. The van der Waals surface area contributed by atoms with Gasteiger partial charge in [0.05, 0.1) is 19.8 Å². The molecular weight excluding hydrogens is 468 g/mol. The molecule has 0 saturated heterocycles. The molecule has 34 heavy (non-hydrogen) atoms. The minimum Gasteiger partial charge on any atom is -0.481 e. The first-order valence-electron chi connectivity index (χ1n) is 9.79. The molecule has 0 atom stereocenters. The largest absolute Gasteiger partial charge is 0.481 e. The van der Waals surface area contributed by atoms with Gasteiger partial charge in [-0.25, -0.2) is 32.5 Å². The van der Waals surface area contributed by atoms with Crippen molar-refractivity contribution in [1.29, 1.82) is 0 Å². The lowest BCUT2D eigenvalue weighted by Gasteiger charge is -2.21. The highest BCUT2D eigenvalue weighted by Crippen LogP contribution is 2.22. The highest BCUT2D eigenvalue weighted by atomic mass is 32.2. The zero-order valence-electron chi connectivity index (χ0n) is 19.5. The minimum atomic E-state index is -4.54. The van der Waals surface area contributed by atoms with E-state index in [4.69, 9.17) is 4.74 Å². The summed E-state index contributed by atoms with van der Waals surface area (Å²) < 4.78 is 37.1.